The molecule has 0 atom stereocenters. The first-order valence-electron chi connectivity index (χ1n) is 8.14. The molecule has 0 bridgehead atoms. The van der Waals surface area contributed by atoms with E-state index < -0.39 is 0 Å². The molecule has 0 amide bonds. The van der Waals surface area contributed by atoms with E-state index in [1.165, 1.54) is 12.1 Å². The van der Waals surface area contributed by atoms with Gasteiger partial charge in [0.05, 0.1) is 23.7 Å². The number of nitrogens with one attached hydrogen (secondary N) is 1. The van der Waals surface area contributed by atoms with Gasteiger partial charge in [-0.2, -0.15) is 0 Å². The predicted molar refractivity (Wildman–Crippen MR) is 92.9 cm³/mol. The van der Waals surface area contributed by atoms with Crippen molar-refractivity contribution in [2.24, 2.45) is 10.9 Å². The van der Waals surface area contributed by atoms with Gasteiger partial charge in [0, 0.05) is 38.5 Å². The molecule has 128 valence electrons. The second-order valence-electron chi connectivity index (χ2n) is 5.59. The number of hydrogen-bond donors (Lipinski definition) is 1. The van der Waals surface area contributed by atoms with E-state index in [-0.39, 0.29) is 11.9 Å². The molecule has 0 radical (unpaired) electrons. The van der Waals surface area contributed by atoms with Crippen LogP contribution in [0.3, 0.4) is 0 Å². The summed E-state index contributed by atoms with van der Waals surface area (Å²) in [6, 6.07) is 0. The number of esters is 1. The summed E-state index contributed by atoms with van der Waals surface area (Å²) in [7, 11) is 3.25. The summed E-state index contributed by atoms with van der Waals surface area (Å²) in [5, 5.41) is 6.72. The summed E-state index contributed by atoms with van der Waals surface area (Å²) in [6.45, 7) is 4.60. The van der Waals surface area contributed by atoms with Gasteiger partial charge in [-0.15, -0.1) is 11.3 Å². The first-order valence-corrected chi connectivity index (χ1v) is 9.02. The highest BCUT2D eigenvalue weighted by Gasteiger charge is 2.26. The molecule has 2 heterocycles. The van der Waals surface area contributed by atoms with E-state index in [2.05, 4.69) is 32.5 Å². The number of ether oxygens (including phenoxy) is 1. The SMILES string of the molecule is CCc1nc(CCNC(=NC)N2CCC(C(=O)OC)CC2)cs1. The minimum Gasteiger partial charge on any atom is -0.469 e. The average Bonchev–Trinajstić information content (AvgIpc) is 3.06. The number of nitrogens with zero attached hydrogens (tertiary/aromatic N) is 3. The van der Waals surface area contributed by atoms with Crippen molar-refractivity contribution in [3.8, 4) is 0 Å². The zero-order valence-electron chi connectivity index (χ0n) is 14.2. The van der Waals surface area contributed by atoms with Crippen LogP contribution in [-0.2, 0) is 22.4 Å². The minimum absolute atomic E-state index is 0.0248. The van der Waals surface area contributed by atoms with Crippen molar-refractivity contribution < 1.29 is 9.53 Å². The van der Waals surface area contributed by atoms with Gasteiger partial charge < -0.3 is 15.0 Å². The quantitative estimate of drug-likeness (QED) is 0.503. The molecule has 2 rings (SSSR count). The number of aromatic nitrogens is 1. The summed E-state index contributed by atoms with van der Waals surface area (Å²) >= 11 is 1.72. The van der Waals surface area contributed by atoms with Gasteiger partial charge in [-0.05, 0) is 19.3 Å². The van der Waals surface area contributed by atoms with Gasteiger partial charge in [0.2, 0.25) is 0 Å². The van der Waals surface area contributed by atoms with Crippen LogP contribution in [0.25, 0.3) is 0 Å². The summed E-state index contributed by atoms with van der Waals surface area (Å²) in [4.78, 5) is 22.7. The maximum Gasteiger partial charge on any atom is 0.308 e. The Kier molecular flexibility index (Phi) is 6.83. The van der Waals surface area contributed by atoms with Crippen LogP contribution >= 0.6 is 11.3 Å². The van der Waals surface area contributed by atoms with Crippen LogP contribution in [0.2, 0.25) is 0 Å². The number of piperidine rings is 1. The molecule has 1 N–H and O–H groups in total. The monoisotopic (exact) mass is 338 g/mol. The van der Waals surface area contributed by atoms with Crippen molar-refractivity contribution in [1.82, 2.24) is 15.2 Å². The Labute approximate surface area is 142 Å². The Morgan fingerprint density at radius 1 is 1.52 bits per heavy atom. The van der Waals surface area contributed by atoms with E-state index in [9.17, 15) is 4.79 Å². The number of aliphatic imine (C=N–C) groups is 1. The lowest BCUT2D eigenvalue weighted by Gasteiger charge is -2.33. The van der Waals surface area contributed by atoms with E-state index in [4.69, 9.17) is 4.74 Å². The highest BCUT2D eigenvalue weighted by molar-refractivity contribution is 7.09. The molecule has 0 unspecified atom stereocenters. The van der Waals surface area contributed by atoms with Crippen molar-refractivity contribution >= 4 is 23.3 Å². The number of carbonyl (C=O) groups is 1. The van der Waals surface area contributed by atoms with Crippen LogP contribution in [0, 0.1) is 5.92 Å². The summed E-state index contributed by atoms with van der Waals surface area (Å²) in [5.41, 5.74) is 1.14. The Bertz CT molecular complexity index is 536. The molecule has 1 aromatic heterocycles. The Morgan fingerprint density at radius 3 is 2.83 bits per heavy atom. The minimum atomic E-state index is -0.0946. The molecule has 0 aromatic carbocycles. The summed E-state index contributed by atoms with van der Waals surface area (Å²) in [5.74, 6) is 0.832. The van der Waals surface area contributed by atoms with Gasteiger partial charge in [0.15, 0.2) is 5.96 Å². The van der Waals surface area contributed by atoms with Crippen LogP contribution < -0.4 is 5.32 Å². The molecule has 1 fully saturated rings. The molecule has 23 heavy (non-hydrogen) atoms. The topological polar surface area (TPSA) is 66.8 Å². The molecular weight excluding hydrogens is 312 g/mol. The van der Waals surface area contributed by atoms with E-state index in [0.717, 1.165) is 57.0 Å². The van der Waals surface area contributed by atoms with E-state index in [1.54, 1.807) is 18.4 Å². The van der Waals surface area contributed by atoms with Crippen molar-refractivity contribution in [3.05, 3.63) is 16.1 Å². The number of carbonyl (C=O) groups excluding carboxylic acids is 1. The highest BCUT2D eigenvalue weighted by atomic mass is 32.1. The normalized spacial score (nSPS) is 16.5. The molecule has 1 aliphatic heterocycles. The fourth-order valence-electron chi connectivity index (χ4n) is 2.75. The standard InChI is InChI=1S/C16H26N4O2S/c1-4-14-19-13(11-23-14)5-8-18-16(17-2)20-9-6-12(7-10-20)15(21)22-3/h11-12H,4-10H2,1-3H3,(H,17,18). The number of methoxy groups -OCH3 is 1. The molecular formula is C16H26N4O2S. The van der Waals surface area contributed by atoms with Crippen molar-refractivity contribution in [2.45, 2.75) is 32.6 Å². The first kappa shape index (κ1) is 17.7. The van der Waals surface area contributed by atoms with Crippen LogP contribution in [0.4, 0.5) is 0 Å². The molecule has 0 saturated carbocycles. The van der Waals surface area contributed by atoms with Gasteiger partial charge >= 0.3 is 5.97 Å². The van der Waals surface area contributed by atoms with Gasteiger partial charge in [-0.3, -0.25) is 9.79 Å². The number of hydrogen-bond acceptors (Lipinski definition) is 5. The fraction of sp³-hybridized carbons (Fsp3) is 0.688. The van der Waals surface area contributed by atoms with Crippen LogP contribution in [-0.4, -0.2) is 55.6 Å². The maximum absolute atomic E-state index is 11.6. The Hall–Kier alpha value is -1.63. The van der Waals surface area contributed by atoms with Gasteiger partial charge in [0.1, 0.15) is 0 Å². The number of likely N-dealkylation sites (tertiary alicyclic amines) is 1. The van der Waals surface area contributed by atoms with Gasteiger partial charge in [0.25, 0.3) is 0 Å². The van der Waals surface area contributed by atoms with E-state index >= 15 is 0 Å². The molecule has 6 nitrogen and oxygen atoms in total. The highest BCUT2D eigenvalue weighted by Crippen LogP contribution is 2.18. The molecule has 0 spiro atoms. The predicted octanol–water partition coefficient (Wildman–Crippen LogP) is 1.71. The lowest BCUT2D eigenvalue weighted by atomic mass is 9.97. The smallest absolute Gasteiger partial charge is 0.308 e. The van der Waals surface area contributed by atoms with Crippen molar-refractivity contribution in [2.75, 3.05) is 33.8 Å². The second kappa shape index (κ2) is 8.86. The van der Waals surface area contributed by atoms with Gasteiger partial charge in [-0.25, -0.2) is 4.98 Å². The largest absolute Gasteiger partial charge is 0.469 e. The Balaban J connectivity index is 1.76. The van der Waals surface area contributed by atoms with Crippen LogP contribution in [0.15, 0.2) is 10.4 Å². The molecule has 1 aromatic rings. The zero-order chi connectivity index (χ0) is 16.7. The second-order valence-corrected chi connectivity index (χ2v) is 6.54. The number of thiazole rings is 1. The third-order valence-corrected chi connectivity index (χ3v) is 5.15. The molecule has 7 heteroatoms. The van der Waals surface area contributed by atoms with Crippen molar-refractivity contribution in [1.29, 1.82) is 0 Å². The zero-order valence-corrected chi connectivity index (χ0v) is 15.0. The van der Waals surface area contributed by atoms with E-state index in [0.29, 0.717) is 0 Å². The third-order valence-electron chi connectivity index (χ3n) is 4.11. The summed E-state index contributed by atoms with van der Waals surface area (Å²) < 4.78 is 4.83. The number of rotatable bonds is 5. The third kappa shape index (κ3) is 4.92. The average molecular weight is 338 g/mol. The molecule has 1 aliphatic rings. The molecule has 1 saturated heterocycles. The maximum atomic E-state index is 11.6. The lowest BCUT2D eigenvalue weighted by Crippen LogP contribution is -2.47. The van der Waals surface area contributed by atoms with Crippen molar-refractivity contribution in [3.63, 3.8) is 0 Å². The van der Waals surface area contributed by atoms with E-state index in [1.807, 2.05) is 0 Å². The number of aryl methyl sites for hydroxylation is 1. The van der Waals surface area contributed by atoms with Gasteiger partial charge in [-0.1, -0.05) is 6.92 Å². The first-order chi connectivity index (χ1) is 11.2. The number of guanidine groups is 1. The van der Waals surface area contributed by atoms with Crippen LogP contribution in [0.1, 0.15) is 30.5 Å². The summed E-state index contributed by atoms with van der Waals surface area (Å²) in [6.07, 6.45) is 3.53. The fourth-order valence-corrected chi connectivity index (χ4v) is 3.53. The Morgan fingerprint density at radius 2 is 2.26 bits per heavy atom. The lowest BCUT2D eigenvalue weighted by molar-refractivity contribution is -0.146. The molecule has 0 aliphatic carbocycles. The van der Waals surface area contributed by atoms with Crippen LogP contribution in [0.5, 0.6) is 0 Å².